The number of nitrogen functional groups attached to an aromatic ring is 1. The van der Waals surface area contributed by atoms with Gasteiger partial charge in [0, 0.05) is 30.5 Å². The van der Waals surface area contributed by atoms with Crippen LogP contribution in [0, 0.1) is 0 Å². The standard InChI is InChI=1S/C16H25N3O2/c1-3-19(13-6-7-13)10-9-18-12-5-8-15(17)14(11-12)16(20)21-4-2/h5,8,11,13,18H,3-4,6-7,9-10,17H2,1-2H3. The van der Waals surface area contributed by atoms with E-state index in [1.165, 1.54) is 12.8 Å². The molecule has 1 aromatic carbocycles. The summed E-state index contributed by atoms with van der Waals surface area (Å²) < 4.78 is 5.01. The number of carbonyl (C=O) groups excluding carboxylic acids is 1. The molecule has 0 aromatic heterocycles. The second kappa shape index (κ2) is 7.31. The fourth-order valence-corrected chi connectivity index (χ4v) is 2.43. The molecular formula is C16H25N3O2. The number of ether oxygens (including phenoxy) is 1. The quantitative estimate of drug-likeness (QED) is 0.568. The molecule has 5 nitrogen and oxygen atoms in total. The Balaban J connectivity index is 1.90. The van der Waals surface area contributed by atoms with Gasteiger partial charge < -0.3 is 15.8 Å². The monoisotopic (exact) mass is 291 g/mol. The van der Waals surface area contributed by atoms with Crippen LogP contribution < -0.4 is 11.1 Å². The maximum atomic E-state index is 11.8. The lowest BCUT2D eigenvalue weighted by Gasteiger charge is -2.20. The van der Waals surface area contributed by atoms with E-state index in [0.717, 1.165) is 31.4 Å². The topological polar surface area (TPSA) is 67.6 Å². The first-order valence-corrected chi connectivity index (χ1v) is 7.70. The van der Waals surface area contributed by atoms with Gasteiger partial charge in [-0.05, 0) is 44.5 Å². The highest BCUT2D eigenvalue weighted by Crippen LogP contribution is 2.26. The maximum Gasteiger partial charge on any atom is 0.340 e. The van der Waals surface area contributed by atoms with Gasteiger partial charge in [0.05, 0.1) is 12.2 Å². The van der Waals surface area contributed by atoms with Gasteiger partial charge in [-0.15, -0.1) is 0 Å². The van der Waals surface area contributed by atoms with Crippen LogP contribution in [0.3, 0.4) is 0 Å². The summed E-state index contributed by atoms with van der Waals surface area (Å²) in [7, 11) is 0. The number of nitrogens with zero attached hydrogens (tertiary/aromatic N) is 1. The van der Waals surface area contributed by atoms with E-state index in [1.54, 1.807) is 19.1 Å². The number of likely N-dealkylation sites (N-methyl/N-ethyl adjacent to an activating group) is 1. The molecule has 1 aliphatic rings. The highest BCUT2D eigenvalue weighted by molar-refractivity contribution is 5.96. The molecule has 0 aliphatic heterocycles. The summed E-state index contributed by atoms with van der Waals surface area (Å²) in [5.74, 6) is -0.369. The molecule has 1 aliphatic carbocycles. The minimum Gasteiger partial charge on any atom is -0.462 e. The van der Waals surface area contributed by atoms with Crippen molar-refractivity contribution in [2.75, 3.05) is 37.3 Å². The number of rotatable bonds is 8. The Labute approximate surface area is 126 Å². The van der Waals surface area contributed by atoms with Crippen LogP contribution in [0.25, 0.3) is 0 Å². The summed E-state index contributed by atoms with van der Waals surface area (Å²) >= 11 is 0. The fraction of sp³-hybridized carbons (Fsp3) is 0.562. The molecule has 1 aromatic rings. The van der Waals surface area contributed by atoms with E-state index >= 15 is 0 Å². The summed E-state index contributed by atoms with van der Waals surface area (Å²) in [5, 5.41) is 3.35. The summed E-state index contributed by atoms with van der Waals surface area (Å²) in [6.07, 6.45) is 2.64. The van der Waals surface area contributed by atoms with Crippen molar-refractivity contribution in [3.05, 3.63) is 23.8 Å². The molecule has 1 fully saturated rings. The van der Waals surface area contributed by atoms with Crippen LogP contribution in [-0.2, 0) is 4.74 Å². The third-order valence-electron chi connectivity index (χ3n) is 3.75. The molecule has 0 heterocycles. The van der Waals surface area contributed by atoms with Crippen molar-refractivity contribution in [3.63, 3.8) is 0 Å². The lowest BCUT2D eigenvalue weighted by Crippen LogP contribution is -2.30. The predicted octanol–water partition coefficient (Wildman–Crippen LogP) is 2.34. The van der Waals surface area contributed by atoms with Crippen LogP contribution in [-0.4, -0.2) is 43.2 Å². The molecule has 1 saturated carbocycles. The van der Waals surface area contributed by atoms with E-state index in [0.29, 0.717) is 17.9 Å². The van der Waals surface area contributed by atoms with Crippen molar-refractivity contribution in [1.29, 1.82) is 0 Å². The summed E-state index contributed by atoms with van der Waals surface area (Å²) in [6, 6.07) is 6.18. The molecule has 0 spiro atoms. The lowest BCUT2D eigenvalue weighted by molar-refractivity contribution is 0.0527. The van der Waals surface area contributed by atoms with Crippen LogP contribution in [0.5, 0.6) is 0 Å². The maximum absolute atomic E-state index is 11.8. The van der Waals surface area contributed by atoms with Crippen molar-refractivity contribution in [1.82, 2.24) is 4.90 Å². The second-order valence-corrected chi connectivity index (χ2v) is 5.31. The van der Waals surface area contributed by atoms with Gasteiger partial charge in [-0.1, -0.05) is 6.92 Å². The number of benzene rings is 1. The average molecular weight is 291 g/mol. The van der Waals surface area contributed by atoms with E-state index in [-0.39, 0.29) is 5.97 Å². The predicted molar refractivity (Wildman–Crippen MR) is 85.6 cm³/mol. The minimum absolute atomic E-state index is 0.350. The van der Waals surface area contributed by atoms with Crippen molar-refractivity contribution >= 4 is 17.3 Å². The van der Waals surface area contributed by atoms with Gasteiger partial charge >= 0.3 is 5.97 Å². The van der Waals surface area contributed by atoms with Gasteiger partial charge in [0.2, 0.25) is 0 Å². The van der Waals surface area contributed by atoms with Gasteiger partial charge in [-0.3, -0.25) is 4.90 Å². The van der Waals surface area contributed by atoms with Crippen molar-refractivity contribution in [3.8, 4) is 0 Å². The highest BCUT2D eigenvalue weighted by atomic mass is 16.5. The van der Waals surface area contributed by atoms with E-state index in [9.17, 15) is 4.79 Å². The number of nitrogens with two attached hydrogens (primary N) is 1. The molecule has 116 valence electrons. The van der Waals surface area contributed by atoms with Gasteiger partial charge in [-0.2, -0.15) is 0 Å². The van der Waals surface area contributed by atoms with Gasteiger partial charge in [0.25, 0.3) is 0 Å². The highest BCUT2D eigenvalue weighted by Gasteiger charge is 2.27. The Morgan fingerprint density at radius 3 is 2.81 bits per heavy atom. The number of hydrogen-bond acceptors (Lipinski definition) is 5. The Hall–Kier alpha value is -1.75. The van der Waals surface area contributed by atoms with Crippen LogP contribution in [0.1, 0.15) is 37.0 Å². The zero-order chi connectivity index (χ0) is 15.2. The van der Waals surface area contributed by atoms with Crippen molar-refractivity contribution < 1.29 is 9.53 Å². The number of nitrogens with one attached hydrogen (secondary N) is 1. The summed E-state index contributed by atoms with van der Waals surface area (Å²) in [4.78, 5) is 14.3. The van der Waals surface area contributed by atoms with Crippen molar-refractivity contribution in [2.45, 2.75) is 32.7 Å². The molecule has 5 heteroatoms. The van der Waals surface area contributed by atoms with Gasteiger partial charge in [0.1, 0.15) is 0 Å². The molecule has 0 amide bonds. The summed E-state index contributed by atoms with van der Waals surface area (Å²) in [6.45, 7) is 7.29. The van der Waals surface area contributed by atoms with Crippen LogP contribution in [0.4, 0.5) is 11.4 Å². The minimum atomic E-state index is -0.369. The Kier molecular flexibility index (Phi) is 5.44. The third kappa shape index (κ3) is 4.36. The molecule has 0 bridgehead atoms. The fourth-order valence-electron chi connectivity index (χ4n) is 2.43. The number of carbonyl (C=O) groups is 1. The number of anilines is 2. The van der Waals surface area contributed by atoms with Gasteiger partial charge in [-0.25, -0.2) is 4.79 Å². The molecule has 2 rings (SSSR count). The Bertz CT molecular complexity index is 486. The van der Waals surface area contributed by atoms with Crippen molar-refractivity contribution in [2.24, 2.45) is 0 Å². The average Bonchev–Trinajstić information content (AvgIpc) is 3.30. The van der Waals surface area contributed by atoms with E-state index in [1.807, 2.05) is 6.07 Å². The lowest BCUT2D eigenvalue weighted by atomic mass is 10.1. The largest absolute Gasteiger partial charge is 0.462 e. The first kappa shape index (κ1) is 15.6. The zero-order valence-electron chi connectivity index (χ0n) is 12.9. The van der Waals surface area contributed by atoms with Gasteiger partial charge in [0.15, 0.2) is 0 Å². The van der Waals surface area contributed by atoms with E-state index in [4.69, 9.17) is 10.5 Å². The third-order valence-corrected chi connectivity index (χ3v) is 3.75. The Morgan fingerprint density at radius 2 is 2.19 bits per heavy atom. The first-order valence-electron chi connectivity index (χ1n) is 7.70. The summed E-state index contributed by atoms with van der Waals surface area (Å²) in [5.41, 5.74) is 7.61. The molecule has 21 heavy (non-hydrogen) atoms. The molecule has 0 radical (unpaired) electrons. The molecular weight excluding hydrogens is 266 g/mol. The van der Waals surface area contributed by atoms with Crippen LogP contribution in [0.15, 0.2) is 18.2 Å². The van der Waals surface area contributed by atoms with E-state index in [2.05, 4.69) is 17.1 Å². The molecule has 3 N–H and O–H groups in total. The molecule has 0 atom stereocenters. The number of hydrogen-bond donors (Lipinski definition) is 2. The Morgan fingerprint density at radius 1 is 1.43 bits per heavy atom. The number of esters is 1. The smallest absolute Gasteiger partial charge is 0.340 e. The zero-order valence-corrected chi connectivity index (χ0v) is 12.9. The first-order chi connectivity index (χ1) is 10.2. The van der Waals surface area contributed by atoms with Crippen LogP contribution >= 0.6 is 0 Å². The molecule has 0 unspecified atom stereocenters. The normalized spacial score (nSPS) is 14.2. The van der Waals surface area contributed by atoms with Crippen LogP contribution in [0.2, 0.25) is 0 Å². The SMILES string of the molecule is CCOC(=O)c1cc(NCCN(CC)C2CC2)ccc1N. The molecule has 0 saturated heterocycles. The van der Waals surface area contributed by atoms with E-state index < -0.39 is 0 Å². The second-order valence-electron chi connectivity index (χ2n) is 5.31.